The molecule has 0 aliphatic heterocycles. The van der Waals surface area contributed by atoms with E-state index in [2.05, 4.69) is 24.1 Å². The zero-order valence-corrected chi connectivity index (χ0v) is 6.82. The first-order chi connectivity index (χ1) is 5.42. The Hall–Kier alpha value is -1.08. The van der Waals surface area contributed by atoms with E-state index in [1.807, 2.05) is 18.2 Å². The summed E-state index contributed by atoms with van der Waals surface area (Å²) < 4.78 is 1.28. The average molecular weight is 159 g/mol. The Balaban J connectivity index is 2.88. The molecule has 0 amide bonds. The van der Waals surface area contributed by atoms with E-state index in [0.717, 1.165) is 0 Å². The maximum absolute atomic E-state index is 3.75. The molecule has 0 fully saturated rings. The van der Waals surface area contributed by atoms with Crippen molar-refractivity contribution >= 4 is 27.5 Å². The summed E-state index contributed by atoms with van der Waals surface area (Å²) >= 11 is 1.64. The molecule has 0 N–H and O–H groups in total. The van der Waals surface area contributed by atoms with Gasteiger partial charge in [-0.05, 0) is 17.0 Å². The lowest BCUT2D eigenvalue weighted by Crippen LogP contribution is -1.68. The van der Waals surface area contributed by atoms with Crippen molar-refractivity contribution in [2.75, 3.05) is 0 Å². The highest BCUT2D eigenvalue weighted by Crippen LogP contribution is 2.24. The van der Waals surface area contributed by atoms with Crippen LogP contribution in [0.1, 0.15) is 5.56 Å². The van der Waals surface area contributed by atoms with E-state index in [1.165, 1.54) is 15.6 Å². The van der Waals surface area contributed by atoms with Gasteiger partial charge in [0.1, 0.15) is 0 Å². The predicted molar refractivity (Wildman–Crippen MR) is 50.8 cm³/mol. The molecule has 1 heterocycles. The number of rotatable bonds is 1. The molecule has 0 spiro atoms. The highest BCUT2D eigenvalue weighted by molar-refractivity contribution is 7.17. The van der Waals surface area contributed by atoms with E-state index >= 15 is 0 Å². The summed E-state index contributed by atoms with van der Waals surface area (Å²) in [6.45, 7) is 3.75. The van der Waals surface area contributed by atoms with E-state index in [0.29, 0.717) is 0 Å². The molecular formula is C10H7S. The van der Waals surface area contributed by atoms with Crippen LogP contribution < -0.4 is 0 Å². The van der Waals surface area contributed by atoms with Crippen LogP contribution in [0, 0.1) is 5.38 Å². The molecule has 0 saturated heterocycles. The van der Waals surface area contributed by atoms with Crippen LogP contribution in [0.4, 0.5) is 0 Å². The number of fused-ring (bicyclic) bond motifs is 1. The molecule has 0 atom stereocenters. The fraction of sp³-hybridized carbons (Fsp3) is 0. The number of benzene rings is 1. The van der Waals surface area contributed by atoms with E-state index in [9.17, 15) is 0 Å². The minimum Gasteiger partial charge on any atom is -0.134 e. The van der Waals surface area contributed by atoms with Crippen molar-refractivity contribution in [3.05, 3.63) is 41.8 Å². The van der Waals surface area contributed by atoms with Gasteiger partial charge in [-0.25, -0.2) is 0 Å². The fourth-order valence-electron chi connectivity index (χ4n) is 1.12. The van der Waals surface area contributed by atoms with Crippen LogP contribution in [-0.2, 0) is 0 Å². The highest BCUT2D eigenvalue weighted by atomic mass is 32.1. The van der Waals surface area contributed by atoms with Crippen molar-refractivity contribution in [2.45, 2.75) is 0 Å². The zero-order valence-electron chi connectivity index (χ0n) is 6.00. The molecule has 1 aromatic carbocycles. The summed E-state index contributed by atoms with van der Waals surface area (Å²) in [5.74, 6) is 0. The van der Waals surface area contributed by atoms with Crippen molar-refractivity contribution in [3.63, 3.8) is 0 Å². The Bertz CT molecular complexity index is 384. The van der Waals surface area contributed by atoms with Gasteiger partial charge in [0.25, 0.3) is 0 Å². The lowest BCUT2D eigenvalue weighted by Gasteiger charge is -1.93. The summed E-state index contributed by atoms with van der Waals surface area (Å²) in [7, 11) is 0. The molecule has 2 rings (SSSR count). The third kappa shape index (κ3) is 0.976. The quantitative estimate of drug-likeness (QED) is 0.598. The summed E-state index contributed by atoms with van der Waals surface area (Å²) in [6, 6.07) is 8.21. The molecular weight excluding hydrogens is 152 g/mol. The first-order valence-electron chi connectivity index (χ1n) is 3.43. The van der Waals surface area contributed by atoms with Gasteiger partial charge < -0.3 is 0 Å². The molecule has 0 aliphatic rings. The maximum atomic E-state index is 3.75. The third-order valence-corrected chi connectivity index (χ3v) is 2.58. The fourth-order valence-corrected chi connectivity index (χ4v) is 1.94. The van der Waals surface area contributed by atoms with Crippen LogP contribution in [0.25, 0.3) is 16.2 Å². The minimum absolute atomic E-state index is 1.20. The normalized spacial score (nSPS) is 10.2. The van der Waals surface area contributed by atoms with Gasteiger partial charge in [-0.15, -0.1) is 11.3 Å². The largest absolute Gasteiger partial charge is 0.134 e. The van der Waals surface area contributed by atoms with Gasteiger partial charge >= 0.3 is 0 Å². The second kappa shape index (κ2) is 2.51. The Kier molecular flexibility index (Phi) is 1.51. The molecule has 11 heavy (non-hydrogen) atoms. The van der Waals surface area contributed by atoms with Crippen LogP contribution in [0.3, 0.4) is 0 Å². The summed E-state index contributed by atoms with van der Waals surface area (Å²) in [6.07, 6.45) is 1.88. The third-order valence-electron chi connectivity index (χ3n) is 1.67. The Morgan fingerprint density at radius 2 is 2.36 bits per heavy atom. The van der Waals surface area contributed by atoms with Gasteiger partial charge in [-0.2, -0.15) is 0 Å². The zero-order chi connectivity index (χ0) is 7.68. The number of hydrogen-bond donors (Lipinski definition) is 0. The van der Waals surface area contributed by atoms with Crippen LogP contribution in [0.2, 0.25) is 0 Å². The van der Waals surface area contributed by atoms with Gasteiger partial charge in [0, 0.05) is 10.1 Å². The molecule has 1 heteroatoms. The molecule has 1 aromatic heterocycles. The first kappa shape index (κ1) is 6.62. The van der Waals surface area contributed by atoms with E-state index in [4.69, 9.17) is 0 Å². The average Bonchev–Trinajstić information content (AvgIpc) is 2.50. The molecule has 0 unspecified atom stereocenters. The van der Waals surface area contributed by atoms with Gasteiger partial charge in [0.15, 0.2) is 0 Å². The molecule has 0 nitrogen and oxygen atoms in total. The van der Waals surface area contributed by atoms with Crippen LogP contribution in [0.5, 0.6) is 0 Å². The van der Waals surface area contributed by atoms with Crippen molar-refractivity contribution in [1.82, 2.24) is 0 Å². The van der Waals surface area contributed by atoms with E-state index in [1.54, 1.807) is 11.3 Å². The lowest BCUT2D eigenvalue weighted by molar-refractivity contribution is 1.80. The summed E-state index contributed by atoms with van der Waals surface area (Å²) in [5, 5.41) is 4.36. The highest BCUT2D eigenvalue weighted by Gasteiger charge is 1.96. The van der Waals surface area contributed by atoms with Crippen molar-refractivity contribution in [3.8, 4) is 0 Å². The first-order valence-corrected chi connectivity index (χ1v) is 4.24. The predicted octanol–water partition coefficient (Wildman–Crippen LogP) is 3.34. The van der Waals surface area contributed by atoms with Crippen molar-refractivity contribution in [2.24, 2.45) is 0 Å². The number of hydrogen-bond acceptors (Lipinski definition) is 1. The smallest absolute Gasteiger partial charge is 0.0455 e. The molecule has 53 valence electrons. The standard InChI is InChI=1S/C10H7S/c1-2-8-4-3-5-9-6-7-11-10(8)9/h2-6H,1H2. The van der Waals surface area contributed by atoms with Crippen LogP contribution >= 0.6 is 11.3 Å². The summed E-state index contributed by atoms with van der Waals surface area (Å²) in [4.78, 5) is 0. The Morgan fingerprint density at radius 3 is 3.18 bits per heavy atom. The van der Waals surface area contributed by atoms with Gasteiger partial charge in [0.05, 0.1) is 0 Å². The SMILES string of the molecule is C=Cc1cccc2c[c]sc12. The van der Waals surface area contributed by atoms with Gasteiger partial charge in [0.2, 0.25) is 0 Å². The molecule has 0 bridgehead atoms. The topological polar surface area (TPSA) is 0 Å². The monoisotopic (exact) mass is 159 g/mol. The Labute approximate surface area is 69.8 Å². The molecule has 0 aliphatic carbocycles. The van der Waals surface area contributed by atoms with E-state index < -0.39 is 0 Å². The number of thiophene rings is 1. The summed E-state index contributed by atoms with van der Waals surface area (Å²) in [5.41, 5.74) is 1.20. The van der Waals surface area contributed by atoms with E-state index in [-0.39, 0.29) is 0 Å². The molecule has 0 saturated carbocycles. The van der Waals surface area contributed by atoms with Crippen LogP contribution in [0.15, 0.2) is 30.8 Å². The van der Waals surface area contributed by atoms with Crippen molar-refractivity contribution < 1.29 is 0 Å². The lowest BCUT2D eigenvalue weighted by atomic mass is 10.2. The van der Waals surface area contributed by atoms with Gasteiger partial charge in [-0.3, -0.25) is 0 Å². The van der Waals surface area contributed by atoms with Crippen LogP contribution in [-0.4, -0.2) is 0 Å². The maximum Gasteiger partial charge on any atom is 0.0455 e. The molecule has 2 aromatic rings. The second-order valence-electron chi connectivity index (χ2n) is 2.33. The van der Waals surface area contributed by atoms with Crippen molar-refractivity contribution in [1.29, 1.82) is 0 Å². The minimum atomic E-state index is 1.20. The van der Waals surface area contributed by atoms with Gasteiger partial charge in [-0.1, -0.05) is 30.9 Å². The molecule has 1 radical (unpaired) electrons. The second-order valence-corrected chi connectivity index (χ2v) is 3.18. The Morgan fingerprint density at radius 1 is 1.45 bits per heavy atom.